The number of nitrogens with two attached hydrogens (primary N) is 2. The van der Waals surface area contributed by atoms with Gasteiger partial charge in [0.1, 0.15) is 0 Å². The number of aliphatic imine (C=N–C) groups is 1. The van der Waals surface area contributed by atoms with Crippen molar-refractivity contribution in [1.82, 2.24) is 10.2 Å². The number of benzene rings is 2. The third-order valence-electron chi connectivity index (χ3n) is 5.05. The van der Waals surface area contributed by atoms with E-state index in [2.05, 4.69) is 21.3 Å². The summed E-state index contributed by atoms with van der Waals surface area (Å²) in [4.78, 5) is 16.6. The van der Waals surface area contributed by atoms with Gasteiger partial charge in [0.05, 0.1) is 30.0 Å². The Morgan fingerprint density at radius 1 is 1.29 bits per heavy atom. The molecule has 0 atom stereocenters. The summed E-state index contributed by atoms with van der Waals surface area (Å²) in [6.45, 7) is 1.37. The van der Waals surface area contributed by atoms with Crippen LogP contribution in [0.5, 0.6) is 0 Å². The lowest BCUT2D eigenvalue weighted by molar-refractivity contribution is 0.134. The predicted molar refractivity (Wildman–Crippen MR) is 110 cm³/mol. The van der Waals surface area contributed by atoms with Crippen LogP contribution in [0.25, 0.3) is 16.3 Å². The van der Waals surface area contributed by atoms with Crippen molar-refractivity contribution in [2.24, 2.45) is 16.5 Å². The van der Waals surface area contributed by atoms with Gasteiger partial charge < -0.3 is 16.2 Å². The minimum atomic E-state index is -0.251. The second-order valence-electron chi connectivity index (χ2n) is 6.55. The molecule has 2 aromatic carbocycles. The quantitative estimate of drug-likeness (QED) is 0.601. The average molecular weight is 375 g/mol. The van der Waals surface area contributed by atoms with E-state index >= 15 is 0 Å². The summed E-state index contributed by atoms with van der Waals surface area (Å²) in [5, 5.41) is 7.79. The van der Waals surface area contributed by atoms with Crippen LogP contribution in [0.15, 0.2) is 52.4 Å². The standard InChI is InChI=1S/C21H21N5O2/c1-24-20(14-4-2-3-13-10-28-11-18(13)14)17(8-22)12-5-6-15-16(7-12)19(9-23)25-26-21(15)27/h2-8H,9-11,22-23H2,1H3,(H,26,27). The lowest BCUT2D eigenvalue weighted by Gasteiger charge is -2.15. The van der Waals surface area contributed by atoms with Gasteiger partial charge in [-0.1, -0.05) is 24.3 Å². The van der Waals surface area contributed by atoms with E-state index in [1.807, 2.05) is 24.3 Å². The summed E-state index contributed by atoms with van der Waals surface area (Å²) in [6, 6.07) is 11.6. The van der Waals surface area contributed by atoms with Gasteiger partial charge in [0.2, 0.25) is 0 Å². The van der Waals surface area contributed by atoms with Crippen molar-refractivity contribution in [2.75, 3.05) is 7.05 Å². The van der Waals surface area contributed by atoms with Gasteiger partial charge >= 0.3 is 0 Å². The molecule has 1 aliphatic heterocycles. The van der Waals surface area contributed by atoms with Gasteiger partial charge in [-0.2, -0.15) is 5.10 Å². The van der Waals surface area contributed by atoms with Gasteiger partial charge in [0.15, 0.2) is 0 Å². The summed E-state index contributed by atoms with van der Waals surface area (Å²) in [7, 11) is 1.74. The molecule has 1 aromatic heterocycles. The molecule has 0 bridgehead atoms. The molecule has 2 heterocycles. The number of allylic oxidation sites excluding steroid dienone is 1. The Kier molecular flexibility index (Phi) is 4.77. The SMILES string of the molecule is CN=C(C(=CN)c1ccc2c(=O)[nH]nc(CN)c2c1)c1cccc2c1COC2. The van der Waals surface area contributed by atoms with Crippen molar-refractivity contribution in [3.8, 4) is 0 Å². The topological polar surface area (TPSA) is 119 Å². The molecule has 0 saturated carbocycles. The van der Waals surface area contributed by atoms with Crippen molar-refractivity contribution in [3.63, 3.8) is 0 Å². The summed E-state index contributed by atoms with van der Waals surface area (Å²) in [5.41, 5.74) is 17.9. The summed E-state index contributed by atoms with van der Waals surface area (Å²) in [5.74, 6) is 0. The number of ether oxygens (including phenoxy) is 1. The van der Waals surface area contributed by atoms with E-state index < -0.39 is 0 Å². The minimum absolute atomic E-state index is 0.219. The molecule has 3 aromatic rings. The first-order chi connectivity index (χ1) is 13.7. The first-order valence-corrected chi connectivity index (χ1v) is 8.97. The molecular formula is C21H21N5O2. The number of hydrogen-bond donors (Lipinski definition) is 3. The van der Waals surface area contributed by atoms with E-state index in [0.29, 0.717) is 29.7 Å². The van der Waals surface area contributed by atoms with E-state index in [1.54, 1.807) is 19.3 Å². The third-order valence-corrected chi connectivity index (χ3v) is 5.05. The summed E-state index contributed by atoms with van der Waals surface area (Å²) >= 11 is 0. The van der Waals surface area contributed by atoms with Crippen molar-refractivity contribution < 1.29 is 4.74 Å². The zero-order valence-electron chi connectivity index (χ0n) is 15.5. The zero-order chi connectivity index (χ0) is 19.7. The number of aromatic amines is 1. The number of rotatable bonds is 4. The van der Waals surface area contributed by atoms with E-state index in [9.17, 15) is 4.79 Å². The predicted octanol–water partition coefficient (Wildman–Crippen LogP) is 1.83. The second kappa shape index (κ2) is 7.38. The van der Waals surface area contributed by atoms with Crippen molar-refractivity contribution in [3.05, 3.63) is 80.9 Å². The van der Waals surface area contributed by atoms with Gasteiger partial charge in [-0.3, -0.25) is 9.79 Å². The third kappa shape index (κ3) is 2.90. The van der Waals surface area contributed by atoms with Crippen LogP contribution in [0.3, 0.4) is 0 Å². The molecule has 142 valence electrons. The van der Waals surface area contributed by atoms with E-state index in [1.165, 1.54) is 0 Å². The lowest BCUT2D eigenvalue weighted by Crippen LogP contribution is -2.14. The maximum Gasteiger partial charge on any atom is 0.272 e. The molecular weight excluding hydrogens is 354 g/mol. The van der Waals surface area contributed by atoms with E-state index in [0.717, 1.165) is 33.5 Å². The fraction of sp³-hybridized carbons (Fsp3) is 0.190. The zero-order valence-corrected chi connectivity index (χ0v) is 15.5. The Bertz CT molecular complexity index is 1180. The van der Waals surface area contributed by atoms with Gasteiger partial charge in [-0.15, -0.1) is 0 Å². The fourth-order valence-electron chi connectivity index (χ4n) is 3.67. The molecule has 28 heavy (non-hydrogen) atoms. The molecule has 0 amide bonds. The van der Waals surface area contributed by atoms with Gasteiger partial charge in [-0.25, -0.2) is 5.10 Å². The second-order valence-corrected chi connectivity index (χ2v) is 6.55. The highest BCUT2D eigenvalue weighted by molar-refractivity contribution is 6.32. The smallest absolute Gasteiger partial charge is 0.272 e. The van der Waals surface area contributed by atoms with Crippen LogP contribution in [-0.2, 0) is 24.5 Å². The largest absolute Gasteiger partial charge is 0.404 e. The maximum atomic E-state index is 12.1. The van der Waals surface area contributed by atoms with Crippen molar-refractivity contribution in [1.29, 1.82) is 0 Å². The lowest BCUT2D eigenvalue weighted by atomic mass is 9.91. The fourth-order valence-corrected chi connectivity index (χ4v) is 3.67. The monoisotopic (exact) mass is 375 g/mol. The van der Waals surface area contributed by atoms with E-state index in [-0.39, 0.29) is 12.1 Å². The Labute approximate surface area is 161 Å². The Balaban J connectivity index is 1.88. The average Bonchev–Trinajstić information content (AvgIpc) is 3.21. The van der Waals surface area contributed by atoms with Gasteiger partial charge in [0, 0.05) is 36.3 Å². The molecule has 0 saturated heterocycles. The maximum absolute atomic E-state index is 12.1. The van der Waals surface area contributed by atoms with Crippen molar-refractivity contribution >= 4 is 22.1 Å². The van der Waals surface area contributed by atoms with Gasteiger partial charge in [0.25, 0.3) is 5.56 Å². The molecule has 0 aliphatic carbocycles. The first kappa shape index (κ1) is 18.1. The highest BCUT2D eigenvalue weighted by Gasteiger charge is 2.21. The Hall–Kier alpha value is -3.29. The number of hydrogen-bond acceptors (Lipinski definition) is 6. The Morgan fingerprint density at radius 2 is 2.14 bits per heavy atom. The molecule has 7 heteroatoms. The molecule has 4 rings (SSSR count). The number of nitrogens with zero attached hydrogens (tertiary/aromatic N) is 2. The number of aromatic nitrogens is 2. The van der Waals surface area contributed by atoms with Crippen LogP contribution in [0.4, 0.5) is 0 Å². The number of fused-ring (bicyclic) bond motifs is 2. The molecule has 1 aliphatic rings. The van der Waals surface area contributed by atoms with Gasteiger partial charge in [-0.05, 0) is 28.8 Å². The van der Waals surface area contributed by atoms with Crippen LogP contribution in [0, 0.1) is 0 Å². The molecule has 7 nitrogen and oxygen atoms in total. The van der Waals surface area contributed by atoms with Crippen LogP contribution in [0.1, 0.15) is 27.9 Å². The number of H-pyrrole nitrogens is 1. The van der Waals surface area contributed by atoms with Crippen LogP contribution >= 0.6 is 0 Å². The summed E-state index contributed by atoms with van der Waals surface area (Å²) < 4.78 is 5.60. The first-order valence-electron chi connectivity index (χ1n) is 8.97. The molecule has 0 fully saturated rings. The number of nitrogens with one attached hydrogen (secondary N) is 1. The van der Waals surface area contributed by atoms with E-state index in [4.69, 9.17) is 16.2 Å². The normalized spacial score (nSPS) is 14.5. The summed E-state index contributed by atoms with van der Waals surface area (Å²) in [6.07, 6.45) is 1.54. The molecule has 0 spiro atoms. The van der Waals surface area contributed by atoms with Crippen LogP contribution < -0.4 is 17.0 Å². The highest BCUT2D eigenvalue weighted by atomic mass is 16.5. The minimum Gasteiger partial charge on any atom is -0.404 e. The highest BCUT2D eigenvalue weighted by Crippen LogP contribution is 2.29. The molecule has 5 N–H and O–H groups in total. The van der Waals surface area contributed by atoms with Crippen molar-refractivity contribution in [2.45, 2.75) is 19.8 Å². The molecule has 0 unspecified atom stereocenters. The van der Waals surface area contributed by atoms with Crippen LogP contribution in [-0.4, -0.2) is 23.0 Å². The van der Waals surface area contributed by atoms with Crippen LogP contribution in [0.2, 0.25) is 0 Å². The Morgan fingerprint density at radius 3 is 2.89 bits per heavy atom. The molecule has 0 radical (unpaired) electrons.